The van der Waals surface area contributed by atoms with E-state index in [1.165, 1.54) is 0 Å². The average Bonchev–Trinajstić information content (AvgIpc) is 2.63. The summed E-state index contributed by atoms with van der Waals surface area (Å²) in [5.41, 5.74) is 2.63. The van der Waals surface area contributed by atoms with Crippen LogP contribution in [0.15, 0.2) is 27.4 Å². The average molecular weight is 371 g/mol. The number of ether oxygens (including phenoxy) is 1. The summed E-state index contributed by atoms with van der Waals surface area (Å²) in [6.45, 7) is 7.46. The van der Waals surface area contributed by atoms with E-state index in [9.17, 15) is 14.0 Å². The van der Waals surface area contributed by atoms with Crippen LogP contribution >= 0.6 is 0 Å². The zero-order valence-electron chi connectivity index (χ0n) is 15.9. The monoisotopic (exact) mass is 371 g/mol. The summed E-state index contributed by atoms with van der Waals surface area (Å²) in [4.78, 5) is 29.0. The first kappa shape index (κ1) is 19.0. The zero-order valence-corrected chi connectivity index (χ0v) is 15.9. The van der Waals surface area contributed by atoms with Gasteiger partial charge in [-0.1, -0.05) is 13.3 Å². The Balaban J connectivity index is 2.29. The molecule has 3 aromatic rings. The maximum absolute atomic E-state index is 14.7. The molecule has 142 valence electrons. The van der Waals surface area contributed by atoms with Crippen LogP contribution in [-0.2, 0) is 16.0 Å². The van der Waals surface area contributed by atoms with E-state index in [2.05, 4.69) is 4.98 Å². The number of esters is 1. The van der Waals surface area contributed by atoms with Gasteiger partial charge in [0.05, 0.1) is 23.1 Å². The predicted molar refractivity (Wildman–Crippen MR) is 102 cm³/mol. The van der Waals surface area contributed by atoms with Crippen LogP contribution in [0, 0.1) is 13.8 Å². The number of halogens is 1. The van der Waals surface area contributed by atoms with Gasteiger partial charge in [-0.2, -0.15) is 0 Å². The molecule has 0 fully saturated rings. The first-order valence-corrected chi connectivity index (χ1v) is 9.05. The highest BCUT2D eigenvalue weighted by Gasteiger charge is 2.27. The van der Waals surface area contributed by atoms with E-state index in [-0.39, 0.29) is 28.8 Å². The second-order valence-corrected chi connectivity index (χ2v) is 6.61. The first-order valence-electron chi connectivity index (χ1n) is 9.05. The van der Waals surface area contributed by atoms with Crippen molar-refractivity contribution in [3.63, 3.8) is 0 Å². The van der Waals surface area contributed by atoms with Crippen LogP contribution in [0.1, 0.15) is 48.8 Å². The fourth-order valence-corrected chi connectivity index (χ4v) is 3.11. The molecule has 2 aromatic heterocycles. The van der Waals surface area contributed by atoms with Crippen LogP contribution in [0.2, 0.25) is 0 Å². The Hall–Kier alpha value is -2.76. The molecular formula is C21H22FNO4. The summed E-state index contributed by atoms with van der Waals surface area (Å²) in [7, 11) is 0. The highest BCUT2D eigenvalue weighted by Crippen LogP contribution is 2.27. The topological polar surface area (TPSA) is 69.4 Å². The summed E-state index contributed by atoms with van der Waals surface area (Å²) < 4.78 is 25.3. The number of nitrogens with zero attached hydrogens (tertiary/aromatic N) is 1. The number of carbonyl (C=O) groups is 1. The Morgan fingerprint density at radius 2 is 1.89 bits per heavy atom. The molecule has 0 spiro atoms. The van der Waals surface area contributed by atoms with E-state index < -0.39 is 12.1 Å². The van der Waals surface area contributed by atoms with Crippen LogP contribution in [0.4, 0.5) is 4.39 Å². The Kier molecular flexibility index (Phi) is 5.26. The lowest BCUT2D eigenvalue weighted by atomic mass is 10.0. The summed E-state index contributed by atoms with van der Waals surface area (Å²) in [5, 5.41) is 0.749. The second kappa shape index (κ2) is 7.47. The third-order valence-corrected chi connectivity index (χ3v) is 4.64. The van der Waals surface area contributed by atoms with E-state index in [0.29, 0.717) is 29.4 Å². The van der Waals surface area contributed by atoms with Gasteiger partial charge in [-0.3, -0.25) is 4.79 Å². The molecule has 0 aliphatic heterocycles. The van der Waals surface area contributed by atoms with E-state index >= 15 is 0 Å². The standard InChI is InChI=1S/C21H22FNO4/c1-5-7-13-10-15-19(24)14-8-11(3)12(4)9-16(14)27-20(15)23-18(13)17(22)21(25)26-6-2/h8-10,17H,5-7H2,1-4H3. The van der Waals surface area contributed by atoms with Crippen molar-refractivity contribution in [1.82, 2.24) is 4.98 Å². The van der Waals surface area contributed by atoms with Crippen molar-refractivity contribution in [2.24, 2.45) is 0 Å². The van der Waals surface area contributed by atoms with Crippen molar-refractivity contribution in [1.29, 1.82) is 0 Å². The number of aromatic nitrogens is 1. The van der Waals surface area contributed by atoms with Crippen LogP contribution < -0.4 is 5.43 Å². The smallest absolute Gasteiger partial charge is 0.347 e. The van der Waals surface area contributed by atoms with Gasteiger partial charge in [-0.05, 0) is 62.1 Å². The molecule has 0 saturated carbocycles. The number of alkyl halides is 1. The fraction of sp³-hybridized carbons (Fsp3) is 0.381. The molecule has 0 bridgehead atoms. The minimum atomic E-state index is -2.02. The molecule has 1 aromatic carbocycles. The predicted octanol–water partition coefficient (Wildman–Crippen LogP) is 4.48. The normalized spacial score (nSPS) is 12.5. The largest absolute Gasteiger partial charge is 0.464 e. The van der Waals surface area contributed by atoms with E-state index in [4.69, 9.17) is 9.15 Å². The molecule has 3 rings (SSSR count). The maximum Gasteiger partial charge on any atom is 0.347 e. The highest BCUT2D eigenvalue weighted by atomic mass is 19.1. The SMILES string of the molecule is CCCc1cc2c(=O)c3cc(C)c(C)cc3oc2nc1C(F)C(=O)OCC. The maximum atomic E-state index is 14.7. The van der Waals surface area contributed by atoms with Gasteiger partial charge in [0.1, 0.15) is 5.58 Å². The summed E-state index contributed by atoms with van der Waals surface area (Å²) in [6, 6.07) is 5.15. The van der Waals surface area contributed by atoms with E-state index in [1.807, 2.05) is 20.8 Å². The van der Waals surface area contributed by atoms with Crippen molar-refractivity contribution < 1.29 is 18.3 Å². The van der Waals surface area contributed by atoms with Crippen molar-refractivity contribution >= 4 is 28.0 Å². The highest BCUT2D eigenvalue weighted by molar-refractivity contribution is 5.89. The number of aryl methyl sites for hydroxylation is 3. The summed E-state index contributed by atoms with van der Waals surface area (Å²) in [6.07, 6.45) is -0.813. The molecule has 1 unspecified atom stereocenters. The molecule has 2 heterocycles. The van der Waals surface area contributed by atoms with E-state index in [1.54, 1.807) is 25.1 Å². The Morgan fingerprint density at radius 3 is 2.56 bits per heavy atom. The van der Waals surface area contributed by atoms with Crippen molar-refractivity contribution in [3.8, 4) is 0 Å². The molecule has 0 N–H and O–H groups in total. The Labute approximate surface area is 156 Å². The molecule has 1 atom stereocenters. The molecule has 5 nitrogen and oxygen atoms in total. The molecule has 6 heteroatoms. The van der Waals surface area contributed by atoms with Gasteiger partial charge >= 0.3 is 5.97 Å². The Morgan fingerprint density at radius 1 is 1.19 bits per heavy atom. The van der Waals surface area contributed by atoms with E-state index in [0.717, 1.165) is 11.1 Å². The van der Waals surface area contributed by atoms with Gasteiger partial charge < -0.3 is 9.15 Å². The van der Waals surface area contributed by atoms with Crippen LogP contribution in [0.3, 0.4) is 0 Å². The van der Waals surface area contributed by atoms with Crippen LogP contribution in [0.5, 0.6) is 0 Å². The second-order valence-electron chi connectivity index (χ2n) is 6.61. The minimum Gasteiger partial charge on any atom is -0.464 e. The fourth-order valence-electron chi connectivity index (χ4n) is 3.11. The molecule has 0 aliphatic carbocycles. The lowest BCUT2D eigenvalue weighted by Gasteiger charge is -2.13. The number of hydrogen-bond acceptors (Lipinski definition) is 5. The zero-order chi connectivity index (χ0) is 19.7. The third-order valence-electron chi connectivity index (χ3n) is 4.64. The van der Waals surface area contributed by atoms with Gasteiger partial charge in [0, 0.05) is 0 Å². The first-order chi connectivity index (χ1) is 12.9. The molecule has 0 radical (unpaired) electrons. The lowest BCUT2D eigenvalue weighted by molar-refractivity contribution is -0.149. The summed E-state index contributed by atoms with van der Waals surface area (Å²) in [5.74, 6) is -0.990. The molecular weight excluding hydrogens is 349 g/mol. The Bertz CT molecular complexity index is 1090. The number of carbonyl (C=O) groups excluding carboxylic acids is 1. The molecule has 0 amide bonds. The number of fused-ring (bicyclic) bond motifs is 2. The van der Waals surface area contributed by atoms with Crippen LogP contribution in [-0.4, -0.2) is 17.6 Å². The van der Waals surface area contributed by atoms with Crippen molar-refractivity contribution in [2.45, 2.75) is 46.7 Å². The third kappa shape index (κ3) is 3.44. The van der Waals surface area contributed by atoms with Crippen molar-refractivity contribution in [3.05, 3.63) is 50.8 Å². The van der Waals surface area contributed by atoms with Gasteiger partial charge in [-0.25, -0.2) is 14.2 Å². The lowest BCUT2D eigenvalue weighted by Crippen LogP contribution is -2.16. The quantitative estimate of drug-likeness (QED) is 0.488. The van der Waals surface area contributed by atoms with Crippen LogP contribution in [0.25, 0.3) is 22.1 Å². The summed E-state index contributed by atoms with van der Waals surface area (Å²) >= 11 is 0. The number of benzene rings is 1. The molecule has 0 aliphatic rings. The molecule has 27 heavy (non-hydrogen) atoms. The minimum absolute atomic E-state index is 0.0255. The van der Waals surface area contributed by atoms with Gasteiger partial charge in [0.2, 0.25) is 17.3 Å². The molecule has 0 saturated heterocycles. The van der Waals surface area contributed by atoms with Gasteiger partial charge in [0.15, 0.2) is 0 Å². The number of hydrogen-bond donors (Lipinski definition) is 0. The van der Waals surface area contributed by atoms with Crippen molar-refractivity contribution in [2.75, 3.05) is 6.61 Å². The van der Waals surface area contributed by atoms with Gasteiger partial charge in [0.25, 0.3) is 0 Å². The van der Waals surface area contributed by atoms with Gasteiger partial charge in [-0.15, -0.1) is 0 Å². The number of pyridine rings is 1. The number of rotatable bonds is 5.